The van der Waals surface area contributed by atoms with Crippen molar-refractivity contribution >= 4 is 45.0 Å². The van der Waals surface area contributed by atoms with Gasteiger partial charge in [-0.1, -0.05) is 27.5 Å². The number of hydrogen-bond donors (Lipinski definition) is 0. The van der Waals surface area contributed by atoms with Gasteiger partial charge in [0.1, 0.15) is 6.04 Å². The molecule has 1 atom stereocenters. The Kier molecular flexibility index (Phi) is 3.73. The first-order valence-corrected chi connectivity index (χ1v) is 7.81. The van der Waals surface area contributed by atoms with Crippen LogP contribution >= 0.6 is 27.5 Å². The van der Waals surface area contributed by atoms with Crippen LogP contribution in [0.4, 0.5) is 5.69 Å². The molecule has 0 aliphatic carbocycles. The predicted octanol–water partition coefficient (Wildman–Crippen LogP) is 2.83. The molecule has 6 heteroatoms. The molecule has 0 bridgehead atoms. The van der Waals surface area contributed by atoms with E-state index in [1.807, 2.05) is 12.1 Å². The predicted molar refractivity (Wildman–Crippen MR) is 80.9 cm³/mol. The highest BCUT2D eigenvalue weighted by Crippen LogP contribution is 2.33. The monoisotopic (exact) mass is 356 g/mol. The van der Waals surface area contributed by atoms with Crippen molar-refractivity contribution in [2.45, 2.75) is 25.3 Å². The Morgan fingerprint density at radius 1 is 1.25 bits per heavy atom. The average Bonchev–Trinajstić information content (AvgIpc) is 2.87. The van der Waals surface area contributed by atoms with Crippen LogP contribution in [0.1, 0.15) is 19.3 Å². The van der Waals surface area contributed by atoms with E-state index in [9.17, 15) is 9.59 Å². The normalized spacial score (nSPS) is 23.0. The fourth-order valence-corrected chi connectivity index (χ4v) is 3.46. The van der Waals surface area contributed by atoms with Crippen molar-refractivity contribution < 1.29 is 9.59 Å². The van der Waals surface area contributed by atoms with E-state index in [-0.39, 0.29) is 17.9 Å². The molecule has 3 rings (SSSR count). The Morgan fingerprint density at radius 3 is 2.85 bits per heavy atom. The molecular weight excluding hydrogens is 344 g/mol. The summed E-state index contributed by atoms with van der Waals surface area (Å²) in [7, 11) is 0. The van der Waals surface area contributed by atoms with Crippen molar-refractivity contribution in [1.29, 1.82) is 0 Å². The lowest BCUT2D eigenvalue weighted by molar-refractivity contribution is -0.135. The third-order valence-electron chi connectivity index (χ3n) is 3.87. The molecule has 1 aromatic carbocycles. The second kappa shape index (κ2) is 5.37. The standard InChI is InChI=1S/C14H14BrClN2O2/c15-9-3-4-10(16)12(8-9)18-7-5-13(19)17-6-1-2-11(17)14(18)20/h3-4,8,11H,1-2,5-7H2. The van der Waals surface area contributed by atoms with Crippen molar-refractivity contribution in [3.63, 3.8) is 0 Å². The average molecular weight is 358 g/mol. The first-order chi connectivity index (χ1) is 9.58. The van der Waals surface area contributed by atoms with Crippen molar-refractivity contribution in [2.75, 3.05) is 18.0 Å². The van der Waals surface area contributed by atoms with E-state index < -0.39 is 0 Å². The van der Waals surface area contributed by atoms with Gasteiger partial charge in [-0.15, -0.1) is 0 Å². The second-order valence-electron chi connectivity index (χ2n) is 5.08. The zero-order valence-electron chi connectivity index (χ0n) is 10.8. The number of anilines is 1. The lowest BCUT2D eigenvalue weighted by Gasteiger charge is -2.26. The number of carbonyl (C=O) groups is 2. The molecule has 106 valence electrons. The Hall–Kier alpha value is -1.07. The van der Waals surface area contributed by atoms with Crippen LogP contribution in [0.2, 0.25) is 5.02 Å². The molecule has 0 saturated carbocycles. The summed E-state index contributed by atoms with van der Waals surface area (Å²) in [6.45, 7) is 1.08. The van der Waals surface area contributed by atoms with Crippen molar-refractivity contribution in [3.05, 3.63) is 27.7 Å². The van der Waals surface area contributed by atoms with E-state index in [1.165, 1.54) is 0 Å². The Bertz CT molecular complexity index is 578. The molecule has 4 nitrogen and oxygen atoms in total. The molecule has 2 aliphatic rings. The molecule has 2 saturated heterocycles. The van der Waals surface area contributed by atoms with Crippen LogP contribution in [-0.2, 0) is 9.59 Å². The fraction of sp³-hybridized carbons (Fsp3) is 0.429. The van der Waals surface area contributed by atoms with E-state index in [1.54, 1.807) is 15.9 Å². The summed E-state index contributed by atoms with van der Waals surface area (Å²) in [5.41, 5.74) is 0.674. The van der Waals surface area contributed by atoms with Crippen molar-refractivity contribution in [2.24, 2.45) is 0 Å². The van der Waals surface area contributed by atoms with Gasteiger partial charge in [0.2, 0.25) is 11.8 Å². The number of halogens is 2. The number of nitrogens with zero attached hydrogens (tertiary/aromatic N) is 2. The minimum Gasteiger partial charge on any atom is -0.331 e. The van der Waals surface area contributed by atoms with Gasteiger partial charge in [-0.05, 0) is 31.0 Å². The molecule has 0 radical (unpaired) electrons. The topological polar surface area (TPSA) is 40.6 Å². The highest BCUT2D eigenvalue weighted by atomic mass is 79.9. The van der Waals surface area contributed by atoms with Crippen LogP contribution in [0.5, 0.6) is 0 Å². The third kappa shape index (κ3) is 2.33. The van der Waals surface area contributed by atoms with Crippen LogP contribution in [-0.4, -0.2) is 35.8 Å². The van der Waals surface area contributed by atoms with E-state index in [0.29, 0.717) is 30.2 Å². The molecular formula is C14H14BrClN2O2. The lowest BCUT2D eigenvalue weighted by Crippen LogP contribution is -2.43. The number of rotatable bonds is 1. The highest BCUT2D eigenvalue weighted by molar-refractivity contribution is 9.10. The molecule has 2 aliphatic heterocycles. The molecule has 0 spiro atoms. The summed E-state index contributed by atoms with van der Waals surface area (Å²) in [6, 6.07) is 5.10. The maximum Gasteiger partial charge on any atom is 0.249 e. The summed E-state index contributed by atoms with van der Waals surface area (Å²) < 4.78 is 0.864. The van der Waals surface area contributed by atoms with Gasteiger partial charge >= 0.3 is 0 Å². The van der Waals surface area contributed by atoms with Crippen LogP contribution < -0.4 is 4.90 Å². The molecule has 1 aromatic rings. The molecule has 1 unspecified atom stereocenters. The van der Waals surface area contributed by atoms with Crippen LogP contribution in [0.3, 0.4) is 0 Å². The molecule has 0 aromatic heterocycles. The minimum absolute atomic E-state index is 0.0200. The van der Waals surface area contributed by atoms with E-state index in [2.05, 4.69) is 15.9 Å². The molecule has 2 heterocycles. The maximum atomic E-state index is 12.7. The maximum absolute atomic E-state index is 12.7. The summed E-state index contributed by atoms with van der Waals surface area (Å²) in [5, 5.41) is 0.528. The summed E-state index contributed by atoms with van der Waals surface area (Å²) in [5.74, 6) is 0.0443. The van der Waals surface area contributed by atoms with Gasteiger partial charge in [-0.2, -0.15) is 0 Å². The number of hydrogen-bond acceptors (Lipinski definition) is 2. The first-order valence-electron chi connectivity index (χ1n) is 6.64. The van der Waals surface area contributed by atoms with Crippen LogP contribution in [0.25, 0.3) is 0 Å². The largest absolute Gasteiger partial charge is 0.331 e. The highest BCUT2D eigenvalue weighted by Gasteiger charge is 2.40. The number of carbonyl (C=O) groups excluding carboxylic acids is 2. The number of fused-ring (bicyclic) bond motifs is 1. The molecule has 20 heavy (non-hydrogen) atoms. The van der Waals surface area contributed by atoms with Crippen LogP contribution in [0, 0.1) is 0 Å². The fourth-order valence-electron chi connectivity index (χ4n) is 2.89. The third-order valence-corrected chi connectivity index (χ3v) is 4.69. The van der Waals surface area contributed by atoms with Gasteiger partial charge in [-0.3, -0.25) is 9.59 Å². The summed E-state index contributed by atoms with van der Waals surface area (Å²) in [4.78, 5) is 28.1. The van der Waals surface area contributed by atoms with Gasteiger partial charge < -0.3 is 9.80 Å². The van der Waals surface area contributed by atoms with Gasteiger partial charge in [0.25, 0.3) is 0 Å². The minimum atomic E-state index is -0.319. The van der Waals surface area contributed by atoms with Gasteiger partial charge in [0.05, 0.1) is 10.7 Å². The lowest BCUT2D eigenvalue weighted by atomic mass is 10.2. The zero-order valence-corrected chi connectivity index (χ0v) is 13.2. The van der Waals surface area contributed by atoms with E-state index in [4.69, 9.17) is 11.6 Å². The number of amides is 2. The Morgan fingerprint density at radius 2 is 2.05 bits per heavy atom. The second-order valence-corrected chi connectivity index (χ2v) is 6.40. The smallest absolute Gasteiger partial charge is 0.249 e. The molecule has 0 N–H and O–H groups in total. The first kappa shape index (κ1) is 13.9. The van der Waals surface area contributed by atoms with Gasteiger partial charge in [-0.25, -0.2) is 0 Å². The Labute approximate surface area is 130 Å². The van der Waals surface area contributed by atoms with E-state index >= 15 is 0 Å². The number of benzene rings is 1. The quantitative estimate of drug-likeness (QED) is 0.775. The Balaban J connectivity index is 1.98. The summed E-state index contributed by atoms with van der Waals surface area (Å²) >= 11 is 9.61. The van der Waals surface area contributed by atoms with Crippen molar-refractivity contribution in [1.82, 2.24) is 4.90 Å². The van der Waals surface area contributed by atoms with Gasteiger partial charge in [0, 0.05) is 24.0 Å². The summed E-state index contributed by atoms with van der Waals surface area (Å²) in [6.07, 6.45) is 1.99. The molecule has 2 amide bonds. The SMILES string of the molecule is O=C1C2CCCN2C(=O)CCN1c1cc(Br)ccc1Cl. The molecule has 2 fully saturated rings. The van der Waals surface area contributed by atoms with Crippen molar-refractivity contribution in [3.8, 4) is 0 Å². The van der Waals surface area contributed by atoms with Gasteiger partial charge in [0.15, 0.2) is 0 Å². The van der Waals surface area contributed by atoms with E-state index in [0.717, 1.165) is 17.3 Å². The zero-order chi connectivity index (χ0) is 14.3. The van der Waals surface area contributed by atoms with Crippen LogP contribution in [0.15, 0.2) is 22.7 Å².